The lowest BCUT2D eigenvalue weighted by Gasteiger charge is -2.37. The number of carbonyl (C=O) groups excluding carboxylic acids is 1. The summed E-state index contributed by atoms with van der Waals surface area (Å²) in [6.45, 7) is 2.84. The van der Waals surface area contributed by atoms with Crippen LogP contribution in [0.1, 0.15) is 28.9 Å². The highest BCUT2D eigenvalue weighted by molar-refractivity contribution is 6.02. The summed E-state index contributed by atoms with van der Waals surface area (Å²) in [7, 11) is 0. The Labute approximate surface area is 156 Å². The van der Waals surface area contributed by atoms with Crippen molar-refractivity contribution >= 4 is 17.4 Å². The summed E-state index contributed by atoms with van der Waals surface area (Å²) in [6.07, 6.45) is 1.57. The van der Waals surface area contributed by atoms with Crippen LogP contribution in [0, 0.1) is 11.3 Å². The second kappa shape index (κ2) is 7.31. The van der Waals surface area contributed by atoms with Crippen LogP contribution >= 0.6 is 0 Å². The molecule has 0 unspecified atom stereocenters. The maximum absolute atomic E-state index is 12.3. The zero-order valence-corrected chi connectivity index (χ0v) is 14.7. The molecular formula is C19H19N5O3. The van der Waals surface area contributed by atoms with E-state index >= 15 is 0 Å². The van der Waals surface area contributed by atoms with Crippen LogP contribution in [0.3, 0.4) is 0 Å². The molecule has 1 N–H and O–H groups in total. The predicted molar refractivity (Wildman–Crippen MR) is 97.2 cm³/mol. The number of rotatable bonds is 3. The van der Waals surface area contributed by atoms with Crippen LogP contribution in [0.4, 0.5) is 11.5 Å². The molecule has 0 atom stereocenters. The van der Waals surface area contributed by atoms with E-state index in [2.05, 4.69) is 20.4 Å². The minimum Gasteiger partial charge on any atom is -0.355 e. The quantitative estimate of drug-likeness (QED) is 0.887. The summed E-state index contributed by atoms with van der Waals surface area (Å²) in [5.74, 6) is -0.0674. The number of hydrogen-bond acceptors (Lipinski definition) is 7. The molecule has 27 heavy (non-hydrogen) atoms. The first-order valence-corrected chi connectivity index (χ1v) is 8.86. The van der Waals surface area contributed by atoms with E-state index < -0.39 is 5.79 Å². The highest BCUT2D eigenvalue weighted by Crippen LogP contribution is 2.32. The number of nitrogens with one attached hydrogen (secondary N) is 1. The van der Waals surface area contributed by atoms with E-state index in [4.69, 9.17) is 14.7 Å². The fourth-order valence-corrected chi connectivity index (χ4v) is 3.34. The monoisotopic (exact) mass is 365 g/mol. The molecule has 1 spiro atoms. The molecule has 1 aromatic carbocycles. The van der Waals surface area contributed by atoms with Gasteiger partial charge in [0.15, 0.2) is 17.3 Å². The minimum atomic E-state index is -0.429. The Bertz CT molecular complexity index is 862. The van der Waals surface area contributed by atoms with Crippen LogP contribution in [0.15, 0.2) is 36.4 Å². The molecule has 2 aliphatic heterocycles. The number of nitrogens with zero attached hydrogens (tertiary/aromatic N) is 4. The van der Waals surface area contributed by atoms with Gasteiger partial charge in [0, 0.05) is 31.6 Å². The molecule has 0 radical (unpaired) electrons. The Morgan fingerprint density at radius 3 is 2.59 bits per heavy atom. The molecule has 0 saturated carbocycles. The summed E-state index contributed by atoms with van der Waals surface area (Å²) in [5, 5.41) is 19.9. The van der Waals surface area contributed by atoms with Gasteiger partial charge in [-0.05, 0) is 30.3 Å². The minimum absolute atomic E-state index is 0.219. The first kappa shape index (κ1) is 17.4. The number of hydrogen-bond donors (Lipinski definition) is 1. The smallest absolute Gasteiger partial charge is 0.276 e. The zero-order chi connectivity index (χ0) is 18.7. The Morgan fingerprint density at radius 2 is 1.93 bits per heavy atom. The van der Waals surface area contributed by atoms with E-state index in [1.807, 2.05) is 6.07 Å². The van der Waals surface area contributed by atoms with Crippen LogP contribution in [-0.4, -0.2) is 48.2 Å². The van der Waals surface area contributed by atoms with E-state index in [0.717, 1.165) is 31.7 Å². The van der Waals surface area contributed by atoms with Gasteiger partial charge >= 0.3 is 0 Å². The average Bonchev–Trinajstić information content (AvgIpc) is 3.17. The fourth-order valence-electron chi connectivity index (χ4n) is 3.34. The summed E-state index contributed by atoms with van der Waals surface area (Å²) in [4.78, 5) is 14.4. The molecule has 0 aliphatic carbocycles. The number of anilines is 2. The third-order valence-electron chi connectivity index (χ3n) is 4.80. The Hall–Kier alpha value is -3.02. The van der Waals surface area contributed by atoms with Gasteiger partial charge in [-0.2, -0.15) is 5.26 Å². The molecule has 138 valence electrons. The van der Waals surface area contributed by atoms with Crippen molar-refractivity contribution < 1.29 is 14.3 Å². The number of nitriles is 1. The summed E-state index contributed by atoms with van der Waals surface area (Å²) >= 11 is 0. The largest absolute Gasteiger partial charge is 0.355 e. The van der Waals surface area contributed by atoms with Crippen LogP contribution in [-0.2, 0) is 9.47 Å². The maximum Gasteiger partial charge on any atom is 0.276 e. The van der Waals surface area contributed by atoms with Gasteiger partial charge in [-0.1, -0.05) is 6.07 Å². The molecule has 0 bridgehead atoms. The van der Waals surface area contributed by atoms with E-state index in [1.54, 1.807) is 36.4 Å². The third kappa shape index (κ3) is 3.74. The molecule has 1 aromatic heterocycles. The van der Waals surface area contributed by atoms with Gasteiger partial charge in [-0.25, -0.2) is 0 Å². The van der Waals surface area contributed by atoms with E-state index in [-0.39, 0.29) is 11.6 Å². The van der Waals surface area contributed by atoms with Gasteiger partial charge in [0.2, 0.25) is 0 Å². The van der Waals surface area contributed by atoms with Crippen molar-refractivity contribution in [3.05, 3.63) is 47.7 Å². The second-order valence-corrected chi connectivity index (χ2v) is 6.52. The van der Waals surface area contributed by atoms with E-state index in [9.17, 15) is 4.79 Å². The van der Waals surface area contributed by atoms with Crippen LogP contribution in [0.2, 0.25) is 0 Å². The topological polar surface area (TPSA) is 100 Å². The Kier molecular flexibility index (Phi) is 4.71. The Balaban J connectivity index is 1.38. The van der Waals surface area contributed by atoms with Crippen molar-refractivity contribution in [1.29, 1.82) is 5.26 Å². The molecule has 2 fully saturated rings. The van der Waals surface area contributed by atoms with E-state index in [0.29, 0.717) is 24.5 Å². The molecule has 8 nitrogen and oxygen atoms in total. The molecule has 1 amide bonds. The predicted octanol–water partition coefficient (Wildman–Crippen LogP) is 1.94. The normalized spacial score (nSPS) is 18.3. The van der Waals surface area contributed by atoms with Gasteiger partial charge in [0.1, 0.15) is 0 Å². The summed E-state index contributed by atoms with van der Waals surface area (Å²) in [5.41, 5.74) is 1.24. The van der Waals surface area contributed by atoms with Crippen molar-refractivity contribution in [2.75, 3.05) is 36.5 Å². The molecule has 4 rings (SSSR count). The van der Waals surface area contributed by atoms with Crippen LogP contribution in [0.5, 0.6) is 0 Å². The van der Waals surface area contributed by atoms with Crippen molar-refractivity contribution in [2.24, 2.45) is 0 Å². The number of aromatic nitrogens is 2. The number of carbonyl (C=O) groups is 1. The zero-order valence-electron chi connectivity index (χ0n) is 14.7. The van der Waals surface area contributed by atoms with Gasteiger partial charge < -0.3 is 19.7 Å². The van der Waals surface area contributed by atoms with Crippen LogP contribution < -0.4 is 10.2 Å². The highest BCUT2D eigenvalue weighted by atomic mass is 16.7. The van der Waals surface area contributed by atoms with Crippen molar-refractivity contribution in [2.45, 2.75) is 18.6 Å². The fraction of sp³-hybridized carbons (Fsp3) is 0.368. The SMILES string of the molecule is N#Cc1cccc(NC(=O)c2ccc(N3CCC4(CC3)OCCO4)nn2)c1. The van der Waals surface area contributed by atoms with Crippen LogP contribution in [0.25, 0.3) is 0 Å². The maximum atomic E-state index is 12.3. The number of ether oxygens (including phenoxy) is 2. The lowest BCUT2D eigenvalue weighted by molar-refractivity contribution is -0.169. The first-order valence-electron chi connectivity index (χ1n) is 8.86. The molecular weight excluding hydrogens is 346 g/mol. The average molecular weight is 365 g/mol. The molecule has 2 aliphatic rings. The molecule has 2 aromatic rings. The second-order valence-electron chi connectivity index (χ2n) is 6.52. The summed E-state index contributed by atoms with van der Waals surface area (Å²) in [6, 6.07) is 12.2. The highest BCUT2D eigenvalue weighted by Gasteiger charge is 2.40. The Morgan fingerprint density at radius 1 is 1.15 bits per heavy atom. The lowest BCUT2D eigenvalue weighted by atomic mass is 10.0. The van der Waals surface area contributed by atoms with Crippen molar-refractivity contribution in [1.82, 2.24) is 10.2 Å². The van der Waals surface area contributed by atoms with Gasteiger partial charge in [-0.3, -0.25) is 4.79 Å². The van der Waals surface area contributed by atoms with Crippen molar-refractivity contribution in [3.63, 3.8) is 0 Å². The molecule has 2 saturated heterocycles. The summed E-state index contributed by atoms with van der Waals surface area (Å²) < 4.78 is 11.5. The standard InChI is InChI=1S/C19H19N5O3/c20-13-14-2-1-3-15(12-14)21-18(25)16-4-5-17(23-22-16)24-8-6-19(7-9-24)26-10-11-27-19/h1-5,12H,6-11H2,(H,21,25). The van der Waals surface area contributed by atoms with Gasteiger partial charge in [0.25, 0.3) is 5.91 Å². The van der Waals surface area contributed by atoms with E-state index in [1.165, 1.54) is 0 Å². The number of piperidine rings is 1. The van der Waals surface area contributed by atoms with Gasteiger partial charge in [-0.15, -0.1) is 10.2 Å². The molecule has 3 heterocycles. The third-order valence-corrected chi connectivity index (χ3v) is 4.80. The number of amides is 1. The number of benzene rings is 1. The van der Waals surface area contributed by atoms with Crippen molar-refractivity contribution in [3.8, 4) is 6.07 Å². The molecule has 8 heteroatoms. The first-order chi connectivity index (χ1) is 13.2. The van der Waals surface area contributed by atoms with Gasteiger partial charge in [0.05, 0.1) is 24.8 Å². The lowest BCUT2D eigenvalue weighted by Crippen LogP contribution is -2.45.